The molecule has 204 valence electrons. The molecule has 0 spiro atoms. The Morgan fingerprint density at radius 3 is 2.46 bits per heavy atom. The number of hydrazone groups is 1. The first kappa shape index (κ1) is 28.9. The number of hydrogen-bond acceptors (Lipinski definition) is 7. The van der Waals surface area contributed by atoms with Crippen molar-refractivity contribution in [3.63, 3.8) is 0 Å². The smallest absolute Gasteiger partial charge is 0.280 e. The van der Waals surface area contributed by atoms with Crippen molar-refractivity contribution < 1.29 is 17.9 Å². The predicted molar refractivity (Wildman–Crippen MR) is 161 cm³/mol. The van der Waals surface area contributed by atoms with E-state index in [1.807, 2.05) is 56.3 Å². The molecule has 0 bridgehead atoms. The molecule has 0 atom stereocenters. The van der Waals surface area contributed by atoms with E-state index in [0.717, 1.165) is 38.8 Å². The quantitative estimate of drug-likeness (QED) is 0.139. The van der Waals surface area contributed by atoms with Crippen molar-refractivity contribution in [2.24, 2.45) is 5.10 Å². The van der Waals surface area contributed by atoms with Crippen molar-refractivity contribution in [2.45, 2.75) is 31.6 Å². The molecule has 0 saturated carbocycles. The van der Waals surface area contributed by atoms with Crippen LogP contribution in [0.3, 0.4) is 0 Å². The van der Waals surface area contributed by atoms with E-state index in [1.165, 1.54) is 44.9 Å². The van der Waals surface area contributed by atoms with E-state index in [-0.39, 0.29) is 10.5 Å². The minimum Gasteiger partial charge on any atom is -0.494 e. The highest BCUT2D eigenvalue weighted by Crippen LogP contribution is 2.32. The van der Waals surface area contributed by atoms with Crippen molar-refractivity contribution in [3.8, 4) is 5.75 Å². The van der Waals surface area contributed by atoms with Gasteiger partial charge in [-0.05, 0) is 85.6 Å². The Hall–Kier alpha value is -3.12. The van der Waals surface area contributed by atoms with Gasteiger partial charge in [0.2, 0.25) is 15.2 Å². The monoisotopic (exact) mass is 628 g/mol. The number of hydrogen-bond donors (Lipinski definition) is 0. The molecule has 1 heterocycles. The number of sulfonamides is 1. The summed E-state index contributed by atoms with van der Waals surface area (Å²) in [7, 11) is -2.09. The molecule has 39 heavy (non-hydrogen) atoms. The first-order valence-electron chi connectivity index (χ1n) is 12.5. The van der Waals surface area contributed by atoms with Crippen LogP contribution in [0.25, 0.3) is 10.2 Å². The third kappa shape index (κ3) is 6.91. The van der Waals surface area contributed by atoms with Crippen LogP contribution in [0.5, 0.6) is 5.75 Å². The molecule has 0 N–H and O–H groups in total. The fraction of sp³-hybridized carbons (Fsp3) is 0.250. The number of nitrogens with zero attached hydrogens (tertiary/aromatic N) is 4. The molecular formula is C28H29BrN4O4S2. The van der Waals surface area contributed by atoms with Crippen molar-refractivity contribution in [3.05, 3.63) is 82.3 Å². The summed E-state index contributed by atoms with van der Waals surface area (Å²) in [4.78, 5) is 18.4. The van der Waals surface area contributed by atoms with Crippen molar-refractivity contribution in [1.82, 2.24) is 9.29 Å². The molecule has 8 nitrogen and oxygen atoms in total. The lowest BCUT2D eigenvalue weighted by atomic mass is 10.2. The summed E-state index contributed by atoms with van der Waals surface area (Å²) >= 11 is 4.81. The van der Waals surface area contributed by atoms with Gasteiger partial charge in [0.25, 0.3) is 5.91 Å². The van der Waals surface area contributed by atoms with Gasteiger partial charge in [0.05, 0.1) is 27.9 Å². The average molecular weight is 630 g/mol. The first-order chi connectivity index (χ1) is 18.7. The van der Waals surface area contributed by atoms with Gasteiger partial charge in [0.1, 0.15) is 5.75 Å². The van der Waals surface area contributed by atoms with Crippen LogP contribution in [-0.4, -0.2) is 50.0 Å². The van der Waals surface area contributed by atoms with Gasteiger partial charge in [-0.1, -0.05) is 40.6 Å². The number of amides is 1. The Labute approximate surface area is 241 Å². The molecule has 11 heteroatoms. The number of thiazole rings is 1. The standard InChI is InChI=1S/C28H29BrN4O4S2/c1-4-6-17-32(3)39(35,36)24-14-9-21(10-15-24)27(34)33(28-31-25-16-11-22(29)18-26(25)38-28)30-19-20-7-12-23(13-8-20)37-5-2/h7-16,18-19H,4-6,17H2,1-3H3/b30-19+. The van der Waals surface area contributed by atoms with E-state index in [1.54, 1.807) is 13.3 Å². The molecule has 0 aliphatic heterocycles. The van der Waals surface area contributed by atoms with Crippen LogP contribution >= 0.6 is 27.3 Å². The zero-order valence-corrected chi connectivity index (χ0v) is 25.1. The van der Waals surface area contributed by atoms with Crippen molar-refractivity contribution in [1.29, 1.82) is 0 Å². The molecule has 0 fully saturated rings. The Balaban J connectivity index is 1.66. The highest BCUT2D eigenvalue weighted by molar-refractivity contribution is 9.10. The number of ether oxygens (including phenoxy) is 1. The zero-order chi connectivity index (χ0) is 28.0. The summed E-state index contributed by atoms with van der Waals surface area (Å²) in [6, 6.07) is 19.0. The molecule has 1 amide bonds. The Morgan fingerprint density at radius 2 is 1.79 bits per heavy atom. The number of halogens is 1. The number of anilines is 1. The van der Waals surface area contributed by atoms with Crippen LogP contribution in [0, 0.1) is 0 Å². The Bertz CT molecular complexity index is 1570. The second kappa shape index (κ2) is 12.8. The van der Waals surface area contributed by atoms with Crippen LogP contribution in [0.15, 0.2) is 81.2 Å². The molecule has 0 aliphatic carbocycles. The maximum absolute atomic E-state index is 13.7. The molecule has 4 rings (SSSR count). The van der Waals surface area contributed by atoms with Gasteiger partial charge >= 0.3 is 0 Å². The summed E-state index contributed by atoms with van der Waals surface area (Å²) in [5.41, 5.74) is 1.80. The van der Waals surface area contributed by atoms with Gasteiger partial charge < -0.3 is 4.74 Å². The third-order valence-corrected chi connectivity index (χ3v) is 9.22. The largest absolute Gasteiger partial charge is 0.494 e. The maximum Gasteiger partial charge on any atom is 0.280 e. The number of aromatic nitrogens is 1. The minimum absolute atomic E-state index is 0.131. The highest BCUT2D eigenvalue weighted by Gasteiger charge is 2.24. The fourth-order valence-corrected chi connectivity index (χ4v) is 6.36. The predicted octanol–water partition coefficient (Wildman–Crippen LogP) is 6.56. The molecule has 0 radical (unpaired) electrons. The average Bonchev–Trinajstić information content (AvgIpc) is 3.35. The van der Waals surface area contributed by atoms with E-state index in [2.05, 4.69) is 26.0 Å². The van der Waals surface area contributed by atoms with Crippen LogP contribution in [0.4, 0.5) is 5.13 Å². The summed E-state index contributed by atoms with van der Waals surface area (Å²) in [6.07, 6.45) is 3.24. The van der Waals surface area contributed by atoms with E-state index in [9.17, 15) is 13.2 Å². The van der Waals surface area contributed by atoms with E-state index in [4.69, 9.17) is 4.74 Å². The molecule has 1 aromatic heterocycles. The molecule has 4 aromatic rings. The molecule has 0 unspecified atom stereocenters. The summed E-state index contributed by atoms with van der Waals surface area (Å²) in [5.74, 6) is 0.313. The second-order valence-electron chi connectivity index (χ2n) is 8.68. The van der Waals surface area contributed by atoms with Crippen molar-refractivity contribution >= 4 is 64.8 Å². The van der Waals surface area contributed by atoms with Crippen LogP contribution in [0.2, 0.25) is 0 Å². The minimum atomic E-state index is -3.65. The lowest BCUT2D eigenvalue weighted by Gasteiger charge is -2.17. The van der Waals surface area contributed by atoms with Crippen LogP contribution in [0.1, 0.15) is 42.6 Å². The van der Waals surface area contributed by atoms with Gasteiger partial charge in [0, 0.05) is 23.6 Å². The van der Waals surface area contributed by atoms with E-state index in [0.29, 0.717) is 18.3 Å². The molecule has 0 aliphatic rings. The zero-order valence-electron chi connectivity index (χ0n) is 21.9. The maximum atomic E-state index is 13.7. The fourth-order valence-electron chi connectivity index (χ4n) is 3.68. The normalized spacial score (nSPS) is 11.9. The lowest BCUT2D eigenvalue weighted by Crippen LogP contribution is -2.28. The Kier molecular flexibility index (Phi) is 9.49. The van der Waals surface area contributed by atoms with Crippen LogP contribution < -0.4 is 9.75 Å². The topological polar surface area (TPSA) is 92.2 Å². The first-order valence-corrected chi connectivity index (χ1v) is 15.5. The number of unbranched alkanes of at least 4 members (excludes halogenated alkanes) is 1. The highest BCUT2D eigenvalue weighted by atomic mass is 79.9. The molecule has 0 saturated heterocycles. The van der Waals surface area contributed by atoms with Gasteiger partial charge in [-0.2, -0.15) is 10.1 Å². The lowest BCUT2D eigenvalue weighted by molar-refractivity contribution is 0.0987. The number of carbonyl (C=O) groups is 1. The van der Waals surface area contributed by atoms with Gasteiger partial charge in [-0.25, -0.2) is 17.7 Å². The summed E-state index contributed by atoms with van der Waals surface area (Å²) < 4.78 is 34.5. The third-order valence-electron chi connectivity index (χ3n) is 5.86. The number of benzene rings is 3. The number of carbonyl (C=O) groups excluding carboxylic acids is 1. The van der Waals surface area contributed by atoms with Gasteiger partial charge in [-0.3, -0.25) is 4.79 Å². The summed E-state index contributed by atoms with van der Waals surface area (Å²) in [6.45, 7) is 4.93. The summed E-state index contributed by atoms with van der Waals surface area (Å²) in [5, 5.41) is 6.13. The SMILES string of the molecule is CCCCN(C)S(=O)(=O)c1ccc(C(=O)N(/N=C/c2ccc(OCC)cc2)c2nc3ccc(Br)cc3s2)cc1. The number of rotatable bonds is 11. The van der Waals surface area contributed by atoms with Gasteiger partial charge in [0.15, 0.2) is 0 Å². The van der Waals surface area contributed by atoms with Crippen LogP contribution in [-0.2, 0) is 10.0 Å². The molecule has 3 aromatic carbocycles. The van der Waals surface area contributed by atoms with E-state index < -0.39 is 15.9 Å². The number of fused-ring (bicyclic) bond motifs is 1. The van der Waals surface area contributed by atoms with Crippen molar-refractivity contribution in [2.75, 3.05) is 25.2 Å². The second-order valence-corrected chi connectivity index (χ2v) is 12.6. The van der Waals surface area contributed by atoms with E-state index >= 15 is 0 Å². The van der Waals surface area contributed by atoms with Gasteiger partial charge in [-0.15, -0.1) is 0 Å². The Morgan fingerprint density at radius 1 is 1.08 bits per heavy atom. The molecular weight excluding hydrogens is 600 g/mol.